The summed E-state index contributed by atoms with van der Waals surface area (Å²) in [7, 11) is -2.27. The Kier molecular flexibility index (Phi) is 8.08. The van der Waals surface area contributed by atoms with Gasteiger partial charge in [0.1, 0.15) is 0 Å². The molecule has 0 saturated heterocycles. The number of carbonyl (C=O) groups is 1. The number of ether oxygens (including phenoxy) is 2. The monoisotopic (exact) mass is 439 g/mol. The van der Waals surface area contributed by atoms with E-state index in [1.807, 2.05) is 0 Å². The van der Waals surface area contributed by atoms with Crippen LogP contribution in [0.4, 0.5) is 8.78 Å². The molecular weight excluding hydrogens is 416 g/mol. The van der Waals surface area contributed by atoms with Gasteiger partial charge in [-0.3, -0.25) is 4.79 Å². The smallest absolute Gasteiger partial charge is 0.387 e. The third kappa shape index (κ3) is 5.64. The van der Waals surface area contributed by atoms with Crippen molar-refractivity contribution in [3.05, 3.63) is 59.7 Å². The van der Waals surface area contributed by atoms with E-state index in [-0.39, 0.29) is 22.2 Å². The maximum Gasteiger partial charge on any atom is 0.387 e. The maximum absolute atomic E-state index is 12.5. The third-order valence-corrected chi connectivity index (χ3v) is 6.38. The lowest BCUT2D eigenvalue weighted by atomic mass is 10.1. The molecule has 0 radical (unpaired) electrons. The van der Waals surface area contributed by atoms with Crippen molar-refractivity contribution in [3.8, 4) is 11.5 Å². The molecule has 0 saturated carbocycles. The van der Waals surface area contributed by atoms with E-state index < -0.39 is 16.6 Å². The lowest BCUT2D eigenvalue weighted by Gasteiger charge is -2.18. The van der Waals surface area contributed by atoms with Crippen LogP contribution in [0, 0.1) is 0 Å². The minimum atomic E-state index is -3.59. The summed E-state index contributed by atoms with van der Waals surface area (Å²) in [5, 5.41) is 0. The molecule has 0 heterocycles. The van der Waals surface area contributed by atoms with E-state index in [1.54, 1.807) is 13.8 Å². The Morgan fingerprint density at radius 2 is 1.70 bits per heavy atom. The molecule has 0 aromatic heterocycles. The Balaban J connectivity index is 2.17. The number of hydrogen-bond donors (Lipinski definition) is 0. The molecule has 0 unspecified atom stereocenters. The van der Waals surface area contributed by atoms with Crippen molar-refractivity contribution in [2.24, 2.45) is 0 Å². The molecule has 2 rings (SSSR count). The quantitative estimate of drug-likeness (QED) is 0.409. The van der Waals surface area contributed by atoms with Crippen molar-refractivity contribution < 1.29 is 31.5 Å². The van der Waals surface area contributed by atoms with Gasteiger partial charge in [-0.2, -0.15) is 13.1 Å². The standard InChI is InChI=1S/C21H23F2NO5S/c1-4-24(5-2)30(26,27)17-10-8-16(9-11-17)18(25)12-6-15-7-13-19(29-21(22)23)20(14-15)28-3/h6-14,21H,4-5H2,1-3H3. The van der Waals surface area contributed by atoms with Crippen LogP contribution in [-0.2, 0) is 10.0 Å². The van der Waals surface area contributed by atoms with Gasteiger partial charge >= 0.3 is 6.61 Å². The highest BCUT2D eigenvalue weighted by Gasteiger charge is 2.21. The highest BCUT2D eigenvalue weighted by Crippen LogP contribution is 2.30. The van der Waals surface area contributed by atoms with Gasteiger partial charge in [-0.25, -0.2) is 8.42 Å². The van der Waals surface area contributed by atoms with Gasteiger partial charge in [0.05, 0.1) is 12.0 Å². The summed E-state index contributed by atoms with van der Waals surface area (Å²) in [6, 6.07) is 9.97. The number of carbonyl (C=O) groups excluding carboxylic acids is 1. The molecule has 0 aliphatic rings. The van der Waals surface area contributed by atoms with Crippen molar-refractivity contribution in [1.82, 2.24) is 4.31 Å². The number of sulfonamides is 1. The summed E-state index contributed by atoms with van der Waals surface area (Å²) in [6.07, 6.45) is 2.80. The fraction of sp³-hybridized carbons (Fsp3) is 0.286. The number of allylic oxidation sites excluding steroid dienone is 1. The highest BCUT2D eigenvalue weighted by atomic mass is 32.2. The molecule has 0 bridgehead atoms. The Labute approximate surface area is 174 Å². The van der Waals surface area contributed by atoms with Gasteiger partial charge in [-0.05, 0) is 48.0 Å². The SMILES string of the molecule is CCN(CC)S(=O)(=O)c1ccc(C(=O)C=Cc2ccc(OC(F)F)c(OC)c2)cc1. The molecule has 9 heteroatoms. The minimum Gasteiger partial charge on any atom is -0.493 e. The number of nitrogens with zero attached hydrogens (tertiary/aromatic N) is 1. The topological polar surface area (TPSA) is 72.9 Å². The van der Waals surface area contributed by atoms with E-state index in [2.05, 4.69) is 4.74 Å². The van der Waals surface area contributed by atoms with Crippen LogP contribution >= 0.6 is 0 Å². The first-order valence-electron chi connectivity index (χ1n) is 9.18. The van der Waals surface area contributed by atoms with Gasteiger partial charge in [-0.1, -0.05) is 26.0 Å². The lowest BCUT2D eigenvalue weighted by Crippen LogP contribution is -2.30. The number of hydrogen-bond acceptors (Lipinski definition) is 5. The molecule has 0 amide bonds. The van der Waals surface area contributed by atoms with Gasteiger partial charge < -0.3 is 9.47 Å². The fourth-order valence-electron chi connectivity index (χ4n) is 2.75. The number of benzene rings is 2. The molecule has 2 aromatic carbocycles. The summed E-state index contributed by atoms with van der Waals surface area (Å²) in [5.74, 6) is -0.342. The summed E-state index contributed by atoms with van der Waals surface area (Å²) in [4.78, 5) is 12.5. The predicted octanol–water partition coefficient (Wildman–Crippen LogP) is 4.22. The second-order valence-corrected chi connectivity index (χ2v) is 8.04. The highest BCUT2D eigenvalue weighted by molar-refractivity contribution is 7.89. The Hall–Kier alpha value is -2.78. The van der Waals surface area contributed by atoms with Crippen LogP contribution in [0.1, 0.15) is 29.8 Å². The molecule has 6 nitrogen and oxygen atoms in total. The van der Waals surface area contributed by atoms with Gasteiger partial charge in [0.15, 0.2) is 17.3 Å². The normalized spacial score (nSPS) is 12.0. The average Bonchev–Trinajstić information content (AvgIpc) is 2.73. The molecule has 0 spiro atoms. The maximum atomic E-state index is 12.5. The zero-order chi connectivity index (χ0) is 22.3. The first-order chi connectivity index (χ1) is 14.2. The molecule has 0 N–H and O–H groups in total. The van der Waals surface area contributed by atoms with Crippen LogP contribution in [0.5, 0.6) is 11.5 Å². The van der Waals surface area contributed by atoms with Crippen molar-refractivity contribution in [3.63, 3.8) is 0 Å². The molecular formula is C21H23F2NO5S. The first kappa shape index (κ1) is 23.5. The van der Waals surface area contributed by atoms with E-state index in [4.69, 9.17) is 4.74 Å². The minimum absolute atomic E-state index is 0.107. The molecule has 0 fully saturated rings. The van der Waals surface area contributed by atoms with E-state index >= 15 is 0 Å². The van der Waals surface area contributed by atoms with Crippen LogP contribution in [0.3, 0.4) is 0 Å². The fourth-order valence-corrected chi connectivity index (χ4v) is 4.21. The van der Waals surface area contributed by atoms with Crippen LogP contribution in [0.2, 0.25) is 0 Å². The molecule has 0 aliphatic heterocycles. The van der Waals surface area contributed by atoms with Crippen LogP contribution in [0.25, 0.3) is 6.08 Å². The van der Waals surface area contributed by atoms with E-state index in [0.717, 1.165) is 0 Å². The average molecular weight is 439 g/mol. The van der Waals surface area contributed by atoms with Gasteiger partial charge in [-0.15, -0.1) is 0 Å². The predicted molar refractivity (Wildman–Crippen MR) is 110 cm³/mol. The van der Waals surface area contributed by atoms with E-state index in [0.29, 0.717) is 24.2 Å². The molecule has 2 aromatic rings. The number of methoxy groups -OCH3 is 1. The van der Waals surface area contributed by atoms with Crippen molar-refractivity contribution >= 4 is 21.9 Å². The molecule has 0 atom stereocenters. The van der Waals surface area contributed by atoms with E-state index in [1.165, 1.54) is 66.0 Å². The first-order valence-corrected chi connectivity index (χ1v) is 10.6. The van der Waals surface area contributed by atoms with Crippen LogP contribution in [-0.4, -0.2) is 45.3 Å². The Morgan fingerprint density at radius 3 is 2.23 bits per heavy atom. The van der Waals surface area contributed by atoms with Gasteiger partial charge in [0.2, 0.25) is 10.0 Å². The van der Waals surface area contributed by atoms with E-state index in [9.17, 15) is 22.0 Å². The molecule has 162 valence electrons. The van der Waals surface area contributed by atoms with Crippen LogP contribution < -0.4 is 9.47 Å². The Bertz CT molecular complexity index is 1000. The summed E-state index contributed by atoms with van der Waals surface area (Å²) in [5.41, 5.74) is 0.858. The lowest BCUT2D eigenvalue weighted by molar-refractivity contribution is -0.0512. The third-order valence-electron chi connectivity index (χ3n) is 4.31. The zero-order valence-electron chi connectivity index (χ0n) is 16.8. The largest absolute Gasteiger partial charge is 0.493 e. The number of rotatable bonds is 10. The summed E-state index contributed by atoms with van der Waals surface area (Å²) in [6.45, 7) is 1.24. The summed E-state index contributed by atoms with van der Waals surface area (Å²) < 4.78 is 60.5. The van der Waals surface area contributed by atoms with Crippen molar-refractivity contribution in [2.45, 2.75) is 25.4 Å². The second-order valence-electron chi connectivity index (χ2n) is 6.10. The van der Waals surface area contributed by atoms with Crippen molar-refractivity contribution in [2.75, 3.05) is 20.2 Å². The zero-order valence-corrected chi connectivity index (χ0v) is 17.7. The molecule has 0 aliphatic carbocycles. The number of alkyl halides is 2. The second kappa shape index (κ2) is 10.3. The Morgan fingerprint density at radius 1 is 1.07 bits per heavy atom. The summed E-state index contributed by atoms with van der Waals surface area (Å²) >= 11 is 0. The molecule has 30 heavy (non-hydrogen) atoms. The number of ketones is 1. The van der Waals surface area contributed by atoms with Crippen molar-refractivity contribution in [1.29, 1.82) is 0 Å². The van der Waals surface area contributed by atoms with Gasteiger partial charge in [0, 0.05) is 18.7 Å². The van der Waals surface area contributed by atoms with Crippen LogP contribution in [0.15, 0.2) is 53.4 Å². The van der Waals surface area contributed by atoms with Gasteiger partial charge in [0.25, 0.3) is 0 Å². The number of halogens is 2.